The van der Waals surface area contributed by atoms with Gasteiger partial charge in [0.25, 0.3) is 0 Å². The van der Waals surface area contributed by atoms with Gasteiger partial charge in [-0.05, 0) is 53.7 Å². The van der Waals surface area contributed by atoms with Gasteiger partial charge in [0.2, 0.25) is 0 Å². The van der Waals surface area contributed by atoms with Gasteiger partial charge in [0.1, 0.15) is 0 Å². The molecule has 0 radical (unpaired) electrons. The first-order valence-corrected chi connectivity index (χ1v) is 7.83. The predicted molar refractivity (Wildman–Crippen MR) is 80.7 cm³/mol. The molecule has 1 heterocycles. The molecule has 2 aliphatic rings. The van der Waals surface area contributed by atoms with Crippen LogP contribution in [0.15, 0.2) is 18.2 Å². The molecule has 110 valence electrons. The average molecular weight is 274 g/mol. The molecule has 0 spiro atoms. The first kappa shape index (κ1) is 14.1. The highest BCUT2D eigenvalue weighted by Crippen LogP contribution is 2.40. The van der Waals surface area contributed by atoms with E-state index >= 15 is 0 Å². The Bertz CT molecular complexity index is 464. The number of hydrogen-bond acceptors (Lipinski definition) is 3. The summed E-state index contributed by atoms with van der Waals surface area (Å²) in [5, 5.41) is 0. The van der Waals surface area contributed by atoms with Gasteiger partial charge >= 0.3 is 0 Å². The summed E-state index contributed by atoms with van der Waals surface area (Å²) in [6.45, 7) is 6.24. The molecular formula is C17H26N2O. The fraction of sp³-hybridized carbons (Fsp3) is 0.647. The lowest BCUT2D eigenvalue weighted by atomic mass is 9.72. The van der Waals surface area contributed by atoms with E-state index in [0.29, 0.717) is 5.92 Å². The number of hydrogen-bond donors (Lipinski definition) is 2. The second-order valence-corrected chi connectivity index (χ2v) is 6.84. The van der Waals surface area contributed by atoms with Crippen molar-refractivity contribution in [3.8, 4) is 0 Å². The maximum Gasteiger partial charge on any atom is 0.0725 e. The van der Waals surface area contributed by atoms with Gasteiger partial charge in [0, 0.05) is 6.04 Å². The summed E-state index contributed by atoms with van der Waals surface area (Å²) in [6.07, 6.45) is 3.89. The minimum atomic E-state index is 0.270. The molecular weight excluding hydrogens is 248 g/mol. The maximum absolute atomic E-state index is 5.89. The molecule has 3 heteroatoms. The van der Waals surface area contributed by atoms with Crippen LogP contribution >= 0.6 is 0 Å². The standard InChI is InChI=1S/C17H26N2O/c1-11-5-12(2)7-15(6-11)17(19-18)13-3-4-14-9-20-10-16(14)8-13/h3-4,8,11-12,15,17,19H,5-7,9-10,18H2,1-2H3. The van der Waals surface area contributed by atoms with Crippen LogP contribution in [-0.4, -0.2) is 0 Å². The second-order valence-electron chi connectivity index (χ2n) is 6.84. The number of hydrazine groups is 1. The smallest absolute Gasteiger partial charge is 0.0725 e. The van der Waals surface area contributed by atoms with Gasteiger partial charge in [0.15, 0.2) is 0 Å². The molecule has 3 N–H and O–H groups in total. The molecule has 1 aliphatic heterocycles. The molecule has 3 atom stereocenters. The van der Waals surface area contributed by atoms with Crippen LogP contribution in [0.1, 0.15) is 55.8 Å². The Labute approximate surface area is 121 Å². The Hall–Kier alpha value is -0.900. The van der Waals surface area contributed by atoms with Crippen molar-refractivity contribution in [3.05, 3.63) is 34.9 Å². The molecule has 1 saturated carbocycles. The summed E-state index contributed by atoms with van der Waals surface area (Å²) in [5.74, 6) is 8.13. The summed E-state index contributed by atoms with van der Waals surface area (Å²) in [4.78, 5) is 0. The van der Waals surface area contributed by atoms with Crippen molar-refractivity contribution in [2.75, 3.05) is 0 Å². The summed E-state index contributed by atoms with van der Waals surface area (Å²) in [5.41, 5.74) is 7.06. The largest absolute Gasteiger partial charge is 0.372 e. The van der Waals surface area contributed by atoms with E-state index in [1.807, 2.05) is 0 Å². The first-order chi connectivity index (χ1) is 9.67. The van der Waals surface area contributed by atoms with Gasteiger partial charge in [-0.25, -0.2) is 0 Å². The van der Waals surface area contributed by atoms with E-state index in [2.05, 4.69) is 37.5 Å². The van der Waals surface area contributed by atoms with Crippen LogP contribution in [0.2, 0.25) is 0 Å². The maximum atomic E-state index is 5.89. The van der Waals surface area contributed by atoms with Gasteiger partial charge in [-0.3, -0.25) is 11.3 Å². The van der Waals surface area contributed by atoms with E-state index in [4.69, 9.17) is 10.6 Å². The van der Waals surface area contributed by atoms with Crippen molar-refractivity contribution < 1.29 is 4.74 Å². The Morgan fingerprint density at radius 1 is 1.10 bits per heavy atom. The molecule has 1 aliphatic carbocycles. The molecule has 20 heavy (non-hydrogen) atoms. The highest BCUT2D eigenvalue weighted by Gasteiger charge is 2.30. The van der Waals surface area contributed by atoms with Crippen molar-refractivity contribution in [2.24, 2.45) is 23.6 Å². The van der Waals surface area contributed by atoms with E-state index in [1.165, 1.54) is 36.0 Å². The summed E-state index contributed by atoms with van der Waals surface area (Å²) >= 11 is 0. The van der Waals surface area contributed by atoms with Crippen molar-refractivity contribution in [2.45, 2.75) is 52.4 Å². The van der Waals surface area contributed by atoms with E-state index in [1.54, 1.807) is 0 Å². The van der Waals surface area contributed by atoms with Crippen molar-refractivity contribution >= 4 is 0 Å². The number of fused-ring (bicyclic) bond motifs is 1. The molecule has 0 bridgehead atoms. The van der Waals surface area contributed by atoms with Crippen LogP contribution in [0.3, 0.4) is 0 Å². The molecule has 0 saturated heterocycles. The molecule has 3 rings (SSSR count). The number of nitrogens with one attached hydrogen (secondary N) is 1. The van der Waals surface area contributed by atoms with Crippen LogP contribution in [-0.2, 0) is 18.0 Å². The third-order valence-electron chi connectivity index (χ3n) is 4.97. The Morgan fingerprint density at radius 3 is 2.50 bits per heavy atom. The molecule has 3 unspecified atom stereocenters. The third kappa shape index (κ3) is 2.76. The minimum Gasteiger partial charge on any atom is -0.372 e. The lowest BCUT2D eigenvalue weighted by Gasteiger charge is -2.36. The first-order valence-electron chi connectivity index (χ1n) is 7.83. The Kier molecular flexibility index (Phi) is 4.11. The highest BCUT2D eigenvalue weighted by atomic mass is 16.5. The second kappa shape index (κ2) is 5.84. The lowest BCUT2D eigenvalue weighted by Crippen LogP contribution is -2.37. The van der Waals surface area contributed by atoms with Crippen LogP contribution in [0.4, 0.5) is 0 Å². The molecule has 1 aromatic carbocycles. The van der Waals surface area contributed by atoms with Crippen LogP contribution in [0.25, 0.3) is 0 Å². The Morgan fingerprint density at radius 2 is 1.80 bits per heavy atom. The zero-order valence-corrected chi connectivity index (χ0v) is 12.6. The van der Waals surface area contributed by atoms with Crippen molar-refractivity contribution in [1.29, 1.82) is 0 Å². The number of rotatable bonds is 3. The predicted octanol–water partition coefficient (Wildman–Crippen LogP) is 3.29. The molecule has 1 aromatic rings. The zero-order valence-electron chi connectivity index (χ0n) is 12.6. The number of ether oxygens (including phenoxy) is 1. The third-order valence-corrected chi connectivity index (χ3v) is 4.97. The molecule has 0 aromatic heterocycles. The monoisotopic (exact) mass is 274 g/mol. The Balaban J connectivity index is 1.82. The van der Waals surface area contributed by atoms with Crippen LogP contribution < -0.4 is 11.3 Å². The minimum absolute atomic E-state index is 0.270. The normalized spacial score (nSPS) is 31.1. The van der Waals surface area contributed by atoms with E-state index in [0.717, 1.165) is 25.0 Å². The number of benzene rings is 1. The molecule has 3 nitrogen and oxygen atoms in total. The average Bonchev–Trinajstić information content (AvgIpc) is 2.86. The van der Waals surface area contributed by atoms with Gasteiger partial charge < -0.3 is 4.74 Å². The zero-order chi connectivity index (χ0) is 14.1. The SMILES string of the molecule is CC1CC(C)CC(C(NN)c2ccc3c(c2)COC3)C1. The quantitative estimate of drug-likeness (QED) is 0.657. The van der Waals surface area contributed by atoms with Gasteiger partial charge in [-0.1, -0.05) is 32.0 Å². The number of nitrogens with two attached hydrogens (primary N) is 1. The molecule has 1 fully saturated rings. The van der Waals surface area contributed by atoms with E-state index in [9.17, 15) is 0 Å². The fourth-order valence-corrected chi connectivity index (χ4v) is 4.17. The topological polar surface area (TPSA) is 47.3 Å². The van der Waals surface area contributed by atoms with E-state index < -0.39 is 0 Å². The van der Waals surface area contributed by atoms with Gasteiger partial charge in [-0.15, -0.1) is 0 Å². The summed E-state index contributed by atoms with van der Waals surface area (Å²) in [6, 6.07) is 6.99. The lowest BCUT2D eigenvalue weighted by molar-refractivity contribution is 0.134. The summed E-state index contributed by atoms with van der Waals surface area (Å²) < 4.78 is 5.51. The van der Waals surface area contributed by atoms with Crippen LogP contribution in [0, 0.1) is 17.8 Å². The van der Waals surface area contributed by atoms with Gasteiger partial charge in [0.05, 0.1) is 13.2 Å². The van der Waals surface area contributed by atoms with Crippen molar-refractivity contribution in [1.82, 2.24) is 5.43 Å². The van der Waals surface area contributed by atoms with Gasteiger partial charge in [-0.2, -0.15) is 0 Å². The fourth-order valence-electron chi connectivity index (χ4n) is 4.17. The van der Waals surface area contributed by atoms with Crippen molar-refractivity contribution in [3.63, 3.8) is 0 Å². The van der Waals surface area contributed by atoms with Crippen LogP contribution in [0.5, 0.6) is 0 Å². The summed E-state index contributed by atoms with van der Waals surface area (Å²) in [7, 11) is 0. The molecule has 0 amide bonds. The van der Waals surface area contributed by atoms with E-state index in [-0.39, 0.29) is 6.04 Å². The highest BCUT2D eigenvalue weighted by molar-refractivity contribution is 5.35.